The minimum Gasteiger partial charge on any atom is -0.459 e. The molecule has 0 aliphatic heterocycles. The average Bonchev–Trinajstić information content (AvgIpc) is 2.36. The molecule has 1 aromatic rings. The van der Waals surface area contributed by atoms with Gasteiger partial charge in [0.25, 0.3) is 0 Å². The Labute approximate surface area is 71.2 Å². The van der Waals surface area contributed by atoms with E-state index in [4.69, 9.17) is 4.42 Å². The van der Waals surface area contributed by atoms with Gasteiger partial charge in [-0.05, 0) is 6.92 Å². The van der Waals surface area contributed by atoms with Gasteiger partial charge in [-0.2, -0.15) is 0 Å². The van der Waals surface area contributed by atoms with Crippen LogP contribution in [0.5, 0.6) is 0 Å². The summed E-state index contributed by atoms with van der Waals surface area (Å²) in [6.07, 6.45) is 0. The van der Waals surface area contributed by atoms with Crippen molar-refractivity contribution in [1.29, 1.82) is 0 Å². The van der Waals surface area contributed by atoms with Gasteiger partial charge in [-0.25, -0.2) is 4.79 Å². The summed E-state index contributed by atoms with van der Waals surface area (Å²) < 4.78 is 9.98. The predicted octanol–water partition coefficient (Wildman–Crippen LogP) is -1.50. The number of esters is 1. The summed E-state index contributed by atoms with van der Waals surface area (Å²) in [4.78, 5) is 10.9. The van der Waals surface area contributed by atoms with Crippen LogP contribution >= 0.6 is 0 Å². The number of carbonyl (C=O) groups is 1. The molecule has 1 rings (SSSR count). The van der Waals surface area contributed by atoms with Crippen LogP contribution in [0.4, 0.5) is 0 Å². The second-order valence-corrected chi connectivity index (χ2v) is 2.70. The van der Waals surface area contributed by atoms with Gasteiger partial charge < -0.3 is 9.15 Å². The Hall–Kier alpha value is -0.858. The summed E-state index contributed by atoms with van der Waals surface area (Å²) in [5.74, 6) is -0.612. The second-order valence-electron chi connectivity index (χ2n) is 1.85. The fourth-order valence-electron chi connectivity index (χ4n) is 0.572. The maximum atomic E-state index is 10.9. The molecular formula is C5H7AlN2O3. The van der Waals surface area contributed by atoms with Gasteiger partial charge in [0.05, 0.1) is 6.61 Å². The number of carbonyl (C=O) groups excluding carboxylic acids is 1. The van der Waals surface area contributed by atoms with Crippen molar-refractivity contribution in [3.05, 3.63) is 5.89 Å². The third kappa shape index (κ3) is 2.03. The SMILES string of the molecule is CCOC(=O)c1nn[c]([AlH2])o1. The molecule has 0 fully saturated rings. The van der Waals surface area contributed by atoms with Crippen LogP contribution in [0.2, 0.25) is 0 Å². The zero-order valence-electron chi connectivity index (χ0n) is 6.33. The van der Waals surface area contributed by atoms with Gasteiger partial charge in [-0.15, -0.1) is 10.2 Å². The molecule has 0 N–H and O–H groups in total. The lowest BCUT2D eigenvalue weighted by Crippen LogP contribution is -2.05. The number of hydrogen-bond donors (Lipinski definition) is 0. The molecule has 0 saturated heterocycles. The smallest absolute Gasteiger partial charge is 0.396 e. The normalized spacial score (nSPS) is 9.55. The molecule has 0 aliphatic rings. The first-order valence-electron chi connectivity index (χ1n) is 3.21. The monoisotopic (exact) mass is 170 g/mol. The van der Waals surface area contributed by atoms with Crippen molar-refractivity contribution in [2.75, 3.05) is 6.61 Å². The fourth-order valence-corrected chi connectivity index (χ4v) is 0.865. The van der Waals surface area contributed by atoms with Gasteiger partial charge in [0.1, 0.15) is 4.75 Å². The highest BCUT2D eigenvalue weighted by molar-refractivity contribution is 6.28. The van der Waals surface area contributed by atoms with E-state index in [0.717, 1.165) is 0 Å². The van der Waals surface area contributed by atoms with Crippen molar-refractivity contribution in [3.63, 3.8) is 0 Å². The van der Waals surface area contributed by atoms with Crippen molar-refractivity contribution >= 4 is 27.0 Å². The van der Waals surface area contributed by atoms with Crippen LogP contribution in [-0.4, -0.2) is 39.1 Å². The fraction of sp³-hybridized carbons (Fsp3) is 0.400. The molecule has 0 unspecified atom stereocenters. The van der Waals surface area contributed by atoms with Crippen LogP contribution < -0.4 is 4.75 Å². The molecule has 0 bridgehead atoms. The van der Waals surface area contributed by atoms with E-state index in [9.17, 15) is 4.79 Å². The van der Waals surface area contributed by atoms with E-state index < -0.39 is 5.97 Å². The zero-order chi connectivity index (χ0) is 8.27. The number of nitrogens with zero attached hydrogens (tertiary/aromatic N) is 2. The van der Waals surface area contributed by atoms with Gasteiger partial charge in [-0.3, -0.25) is 0 Å². The highest BCUT2D eigenvalue weighted by atomic mass is 27.0. The Balaban J connectivity index is 2.69. The summed E-state index contributed by atoms with van der Waals surface area (Å²) in [6, 6.07) is 0. The van der Waals surface area contributed by atoms with Crippen molar-refractivity contribution in [2.24, 2.45) is 0 Å². The molecule has 5 nitrogen and oxygen atoms in total. The topological polar surface area (TPSA) is 65.2 Å². The summed E-state index contributed by atoms with van der Waals surface area (Å²) in [5, 5.41) is 7.04. The first-order valence-corrected chi connectivity index (χ1v) is 4.21. The largest absolute Gasteiger partial charge is 0.459 e. The summed E-state index contributed by atoms with van der Waals surface area (Å²) in [5.41, 5.74) is 0. The second kappa shape index (κ2) is 3.51. The Morgan fingerprint density at radius 2 is 2.45 bits per heavy atom. The number of aromatic nitrogens is 2. The van der Waals surface area contributed by atoms with Crippen molar-refractivity contribution in [1.82, 2.24) is 10.2 Å². The molecule has 1 aromatic heterocycles. The molecule has 0 amide bonds. The number of rotatable bonds is 2. The van der Waals surface area contributed by atoms with Crippen LogP contribution in [0.15, 0.2) is 4.42 Å². The maximum Gasteiger partial charge on any atom is 0.396 e. The van der Waals surface area contributed by atoms with Crippen LogP contribution in [0.1, 0.15) is 17.6 Å². The molecule has 0 radical (unpaired) electrons. The van der Waals surface area contributed by atoms with Crippen LogP contribution in [0.3, 0.4) is 0 Å². The molecule has 0 aromatic carbocycles. The van der Waals surface area contributed by atoms with Crippen molar-refractivity contribution < 1.29 is 13.9 Å². The lowest BCUT2D eigenvalue weighted by molar-refractivity contribution is 0.0482. The third-order valence-electron chi connectivity index (χ3n) is 0.976. The maximum absolute atomic E-state index is 10.9. The Morgan fingerprint density at radius 3 is 2.91 bits per heavy atom. The molecule has 58 valence electrons. The predicted molar refractivity (Wildman–Crippen MR) is 38.4 cm³/mol. The van der Waals surface area contributed by atoms with E-state index in [0.29, 0.717) is 27.6 Å². The standard InChI is InChI=1S/C5H5N2O3.Al.2H/c1-2-9-5(8)4-7-6-3-10-4;;;/h2H2,1H3;;;. The van der Waals surface area contributed by atoms with Crippen molar-refractivity contribution in [3.8, 4) is 0 Å². The lowest BCUT2D eigenvalue weighted by Gasteiger charge is -1.93. The van der Waals surface area contributed by atoms with Crippen molar-refractivity contribution in [2.45, 2.75) is 6.92 Å². The quantitative estimate of drug-likeness (QED) is 0.399. The summed E-state index contributed by atoms with van der Waals surface area (Å²) in [6.45, 7) is 2.04. The zero-order valence-corrected chi connectivity index (χ0v) is 8.33. The lowest BCUT2D eigenvalue weighted by atomic mass is 10.7. The molecule has 0 atom stereocenters. The number of ether oxygens (including phenoxy) is 1. The molecule has 0 saturated carbocycles. The molecule has 1 heterocycles. The average molecular weight is 170 g/mol. The minimum atomic E-state index is -0.554. The molecular weight excluding hydrogens is 163 g/mol. The van der Waals surface area contributed by atoms with E-state index in [1.165, 1.54) is 0 Å². The first-order chi connectivity index (χ1) is 5.24. The van der Waals surface area contributed by atoms with E-state index in [1.54, 1.807) is 6.92 Å². The van der Waals surface area contributed by atoms with E-state index in [2.05, 4.69) is 14.9 Å². The molecule has 0 spiro atoms. The highest BCUT2D eigenvalue weighted by Gasteiger charge is 2.12. The first kappa shape index (κ1) is 8.24. The minimum absolute atomic E-state index is 0.0585. The third-order valence-corrected chi connectivity index (χ3v) is 1.38. The van der Waals surface area contributed by atoms with Gasteiger partial charge >= 0.3 is 28.2 Å². The van der Waals surface area contributed by atoms with Crippen LogP contribution in [-0.2, 0) is 4.74 Å². The van der Waals surface area contributed by atoms with E-state index >= 15 is 0 Å². The van der Waals surface area contributed by atoms with Crippen LogP contribution in [0.25, 0.3) is 0 Å². The van der Waals surface area contributed by atoms with E-state index in [1.807, 2.05) is 0 Å². The Kier molecular flexibility index (Phi) is 2.63. The summed E-state index contributed by atoms with van der Waals surface area (Å²) >= 11 is 0.646. The Bertz CT molecular complexity index is 260. The van der Waals surface area contributed by atoms with Gasteiger partial charge in [0, 0.05) is 0 Å². The van der Waals surface area contributed by atoms with Gasteiger partial charge in [0.15, 0.2) is 0 Å². The van der Waals surface area contributed by atoms with Gasteiger partial charge in [-0.1, -0.05) is 0 Å². The molecule has 0 aliphatic carbocycles. The van der Waals surface area contributed by atoms with Gasteiger partial charge in [0.2, 0.25) is 0 Å². The summed E-state index contributed by atoms with van der Waals surface area (Å²) in [7, 11) is 0. The van der Waals surface area contributed by atoms with Crippen LogP contribution in [0, 0.1) is 0 Å². The molecule has 11 heavy (non-hydrogen) atoms. The molecule has 6 heteroatoms. The van der Waals surface area contributed by atoms with E-state index in [-0.39, 0.29) is 5.89 Å². The Morgan fingerprint density at radius 1 is 1.73 bits per heavy atom. The highest BCUT2D eigenvalue weighted by Crippen LogP contribution is 1.92. The number of hydrogen-bond acceptors (Lipinski definition) is 5.